The molecule has 9 nitrogen and oxygen atoms in total. The molecule has 4 rings (SSSR count). The molecule has 0 aliphatic carbocycles. The van der Waals surface area contributed by atoms with Crippen LogP contribution in [-0.4, -0.2) is 58.9 Å². The Morgan fingerprint density at radius 1 is 1.19 bits per heavy atom. The number of fused-ring (bicyclic) bond motifs is 2. The highest BCUT2D eigenvalue weighted by Gasteiger charge is 2.29. The Balaban J connectivity index is 1.39. The Morgan fingerprint density at radius 2 is 2.00 bits per heavy atom. The standard InChI is InChI=1S/C23H26N6O3/c1-28(2)10-5-11-29-14-24-18-12-15(8-9-20(18)29)25-21(30)13-19-23(32)26-17-7-4-3-6-16(17)22(31)27-19/h3-4,6-9,12,14,19H,5,10-11,13H2,1-2H3,(H,25,30)(H,26,32)(H,27,31)/t19-/m0/s1. The minimum Gasteiger partial charge on any atom is -0.340 e. The summed E-state index contributed by atoms with van der Waals surface area (Å²) in [5.74, 6) is -1.19. The van der Waals surface area contributed by atoms with Crippen LogP contribution in [0.25, 0.3) is 11.0 Å². The van der Waals surface area contributed by atoms with Gasteiger partial charge in [-0.3, -0.25) is 14.4 Å². The molecule has 0 unspecified atom stereocenters. The van der Waals surface area contributed by atoms with Crippen LogP contribution in [-0.2, 0) is 16.1 Å². The SMILES string of the molecule is CN(C)CCCn1cnc2cc(NC(=O)C[C@@H]3NC(=O)c4ccccc4NC3=O)ccc21. The summed E-state index contributed by atoms with van der Waals surface area (Å²) in [6.07, 6.45) is 2.63. The summed E-state index contributed by atoms with van der Waals surface area (Å²) in [6.45, 7) is 1.85. The number of aromatic nitrogens is 2. The molecule has 1 aromatic heterocycles. The van der Waals surface area contributed by atoms with Crippen molar-refractivity contribution in [1.29, 1.82) is 0 Å². The number of imidazole rings is 1. The zero-order chi connectivity index (χ0) is 22.7. The van der Waals surface area contributed by atoms with Crippen LogP contribution in [0.5, 0.6) is 0 Å². The predicted molar refractivity (Wildman–Crippen MR) is 122 cm³/mol. The topological polar surface area (TPSA) is 108 Å². The van der Waals surface area contributed by atoms with E-state index >= 15 is 0 Å². The second-order valence-corrected chi connectivity index (χ2v) is 8.11. The van der Waals surface area contributed by atoms with E-state index in [2.05, 4.69) is 30.4 Å². The molecule has 0 radical (unpaired) electrons. The number of nitrogens with one attached hydrogen (secondary N) is 3. The second kappa shape index (κ2) is 9.19. The number of aryl methyl sites for hydroxylation is 1. The van der Waals surface area contributed by atoms with E-state index < -0.39 is 17.9 Å². The van der Waals surface area contributed by atoms with Gasteiger partial charge in [0.25, 0.3) is 5.91 Å². The van der Waals surface area contributed by atoms with Gasteiger partial charge in [0.05, 0.1) is 35.0 Å². The second-order valence-electron chi connectivity index (χ2n) is 8.11. The lowest BCUT2D eigenvalue weighted by atomic mass is 10.1. The fraction of sp³-hybridized carbons (Fsp3) is 0.304. The third-order valence-corrected chi connectivity index (χ3v) is 5.35. The van der Waals surface area contributed by atoms with E-state index in [-0.39, 0.29) is 12.3 Å². The van der Waals surface area contributed by atoms with E-state index in [1.807, 2.05) is 26.2 Å². The van der Waals surface area contributed by atoms with Crippen LogP contribution in [0.1, 0.15) is 23.2 Å². The van der Waals surface area contributed by atoms with Gasteiger partial charge in [-0.1, -0.05) is 12.1 Å². The fourth-order valence-corrected chi connectivity index (χ4v) is 3.73. The summed E-state index contributed by atoms with van der Waals surface area (Å²) < 4.78 is 2.09. The lowest BCUT2D eigenvalue weighted by Gasteiger charge is -2.14. The van der Waals surface area contributed by atoms with Gasteiger partial charge in [0.15, 0.2) is 0 Å². The molecule has 2 heterocycles. The molecule has 3 amide bonds. The molecule has 0 bridgehead atoms. The zero-order valence-corrected chi connectivity index (χ0v) is 18.1. The van der Waals surface area contributed by atoms with Crippen molar-refractivity contribution in [2.24, 2.45) is 0 Å². The van der Waals surface area contributed by atoms with E-state index in [1.54, 1.807) is 36.7 Å². The Bertz CT molecular complexity index is 1170. The first-order valence-electron chi connectivity index (χ1n) is 10.5. The van der Waals surface area contributed by atoms with Crippen molar-refractivity contribution in [2.45, 2.75) is 25.4 Å². The first-order valence-corrected chi connectivity index (χ1v) is 10.5. The summed E-state index contributed by atoms with van der Waals surface area (Å²) >= 11 is 0. The van der Waals surface area contributed by atoms with Crippen molar-refractivity contribution in [3.05, 3.63) is 54.4 Å². The van der Waals surface area contributed by atoms with Gasteiger partial charge in [-0.2, -0.15) is 0 Å². The fourth-order valence-electron chi connectivity index (χ4n) is 3.73. The summed E-state index contributed by atoms with van der Waals surface area (Å²) in [5.41, 5.74) is 3.17. The molecule has 1 aliphatic heterocycles. The van der Waals surface area contributed by atoms with E-state index in [4.69, 9.17) is 0 Å². The van der Waals surface area contributed by atoms with E-state index in [0.29, 0.717) is 16.9 Å². The number of rotatable bonds is 7. The van der Waals surface area contributed by atoms with Gasteiger partial charge in [0, 0.05) is 12.2 Å². The van der Waals surface area contributed by atoms with E-state index in [1.165, 1.54) is 0 Å². The van der Waals surface area contributed by atoms with Crippen LogP contribution < -0.4 is 16.0 Å². The number of carbonyl (C=O) groups is 3. The maximum absolute atomic E-state index is 12.6. The Hall–Kier alpha value is -3.72. The molecule has 2 aromatic carbocycles. The molecule has 0 saturated carbocycles. The van der Waals surface area contributed by atoms with Crippen LogP contribution in [0.4, 0.5) is 11.4 Å². The van der Waals surface area contributed by atoms with E-state index in [9.17, 15) is 14.4 Å². The monoisotopic (exact) mass is 434 g/mol. The van der Waals surface area contributed by atoms with Crippen molar-refractivity contribution >= 4 is 40.1 Å². The highest BCUT2D eigenvalue weighted by Crippen LogP contribution is 2.21. The number of nitrogens with zero attached hydrogens (tertiary/aromatic N) is 3. The molecular weight excluding hydrogens is 408 g/mol. The van der Waals surface area contributed by atoms with Gasteiger partial charge in [0.1, 0.15) is 6.04 Å². The molecule has 9 heteroatoms. The Labute approximate surface area is 185 Å². The van der Waals surface area contributed by atoms with Gasteiger partial charge in [0.2, 0.25) is 11.8 Å². The van der Waals surface area contributed by atoms with Crippen molar-refractivity contribution in [3.8, 4) is 0 Å². The van der Waals surface area contributed by atoms with Gasteiger partial charge in [-0.05, 0) is 57.4 Å². The minimum absolute atomic E-state index is 0.178. The maximum Gasteiger partial charge on any atom is 0.254 e. The largest absolute Gasteiger partial charge is 0.340 e. The number of carbonyl (C=O) groups excluding carboxylic acids is 3. The van der Waals surface area contributed by atoms with Crippen molar-refractivity contribution in [3.63, 3.8) is 0 Å². The number of anilines is 2. The molecule has 0 spiro atoms. The Kier molecular flexibility index (Phi) is 6.18. The maximum atomic E-state index is 12.6. The number of hydrogen-bond donors (Lipinski definition) is 3. The third kappa shape index (κ3) is 4.78. The lowest BCUT2D eigenvalue weighted by Crippen LogP contribution is -2.43. The van der Waals surface area contributed by atoms with Crippen LogP contribution >= 0.6 is 0 Å². The summed E-state index contributed by atoms with van der Waals surface area (Å²) in [4.78, 5) is 44.1. The van der Waals surface area contributed by atoms with Crippen LogP contribution in [0, 0.1) is 0 Å². The quantitative estimate of drug-likeness (QED) is 0.528. The molecule has 3 aromatic rings. The van der Waals surface area contributed by atoms with Crippen LogP contribution in [0.2, 0.25) is 0 Å². The molecular formula is C23H26N6O3. The smallest absolute Gasteiger partial charge is 0.254 e. The van der Waals surface area contributed by atoms with Crippen molar-refractivity contribution in [1.82, 2.24) is 19.8 Å². The molecule has 0 fully saturated rings. The first-order chi connectivity index (χ1) is 15.4. The van der Waals surface area contributed by atoms with Gasteiger partial charge >= 0.3 is 0 Å². The number of hydrogen-bond acceptors (Lipinski definition) is 5. The number of benzene rings is 2. The average molecular weight is 435 g/mol. The van der Waals surface area contributed by atoms with Gasteiger partial charge in [-0.15, -0.1) is 0 Å². The van der Waals surface area contributed by atoms with Gasteiger partial charge in [-0.25, -0.2) is 4.98 Å². The van der Waals surface area contributed by atoms with Crippen LogP contribution in [0.3, 0.4) is 0 Å². The molecule has 32 heavy (non-hydrogen) atoms. The predicted octanol–water partition coefficient (Wildman–Crippen LogP) is 2.07. The molecule has 166 valence electrons. The van der Waals surface area contributed by atoms with E-state index in [0.717, 1.165) is 30.5 Å². The molecule has 1 atom stereocenters. The normalized spacial score (nSPS) is 15.8. The van der Waals surface area contributed by atoms with Crippen molar-refractivity contribution in [2.75, 3.05) is 31.3 Å². The number of para-hydroxylation sites is 1. The van der Waals surface area contributed by atoms with Crippen LogP contribution in [0.15, 0.2) is 48.8 Å². The molecule has 3 N–H and O–H groups in total. The zero-order valence-electron chi connectivity index (χ0n) is 18.1. The molecule has 0 saturated heterocycles. The highest BCUT2D eigenvalue weighted by atomic mass is 16.2. The van der Waals surface area contributed by atoms with Crippen molar-refractivity contribution < 1.29 is 14.4 Å². The summed E-state index contributed by atoms with van der Waals surface area (Å²) in [7, 11) is 4.09. The third-order valence-electron chi connectivity index (χ3n) is 5.35. The summed E-state index contributed by atoms with van der Waals surface area (Å²) in [6, 6.07) is 11.3. The Morgan fingerprint density at radius 3 is 2.81 bits per heavy atom. The average Bonchev–Trinajstić information content (AvgIpc) is 3.10. The summed E-state index contributed by atoms with van der Waals surface area (Å²) in [5, 5.41) is 8.14. The molecule has 1 aliphatic rings. The highest BCUT2D eigenvalue weighted by molar-refractivity contribution is 6.11. The first kappa shape index (κ1) is 21.5. The number of amides is 3. The van der Waals surface area contributed by atoms with Gasteiger partial charge < -0.3 is 25.4 Å². The lowest BCUT2D eigenvalue weighted by molar-refractivity contribution is -0.122. The minimum atomic E-state index is -0.963.